The van der Waals surface area contributed by atoms with Crippen molar-refractivity contribution in [2.24, 2.45) is 5.16 Å². The van der Waals surface area contributed by atoms with Gasteiger partial charge in [-0.1, -0.05) is 22.6 Å². The third-order valence-electron chi connectivity index (χ3n) is 6.22. The second-order valence-electron chi connectivity index (χ2n) is 9.17. The molecule has 1 saturated heterocycles. The molecule has 3 N–H and O–H groups in total. The van der Waals surface area contributed by atoms with Crippen LogP contribution in [-0.4, -0.2) is 58.1 Å². The summed E-state index contributed by atoms with van der Waals surface area (Å²) in [6, 6.07) is 6.12. The third-order valence-corrected chi connectivity index (χ3v) is 7.35. The Hall–Kier alpha value is -2.91. The molecule has 3 aromatic rings. The number of morpholine rings is 1. The minimum Gasteiger partial charge on any atom is -0.411 e. The molecule has 9 heteroatoms. The fraction of sp³-hybridized carbons (Fsp3) is 0.435. The number of thiazole rings is 1. The van der Waals surface area contributed by atoms with Gasteiger partial charge < -0.3 is 25.1 Å². The minimum atomic E-state index is -0.280. The van der Waals surface area contributed by atoms with E-state index in [1.165, 1.54) is 16.9 Å². The highest BCUT2D eigenvalue weighted by Gasteiger charge is 2.35. The van der Waals surface area contributed by atoms with Gasteiger partial charge >= 0.3 is 0 Å². The molecule has 2 aromatic heterocycles. The Labute approximate surface area is 190 Å². The SMILES string of the molecule is CC(=NO)c1ccc2[nH]cc(C[C@H]3COCCN3c3nc4c(s3)C(=O)NC(C)(C)C4)c2c1. The highest BCUT2D eigenvalue weighted by Crippen LogP contribution is 2.34. The van der Waals surface area contributed by atoms with E-state index in [0.717, 1.165) is 51.6 Å². The van der Waals surface area contributed by atoms with Gasteiger partial charge in [0.2, 0.25) is 0 Å². The van der Waals surface area contributed by atoms with Crippen LogP contribution in [0.15, 0.2) is 29.6 Å². The summed E-state index contributed by atoms with van der Waals surface area (Å²) in [6.45, 7) is 7.82. The van der Waals surface area contributed by atoms with Crippen LogP contribution in [0.5, 0.6) is 0 Å². The number of amides is 1. The first-order chi connectivity index (χ1) is 15.3. The number of rotatable bonds is 4. The Bertz CT molecular complexity index is 1210. The largest absolute Gasteiger partial charge is 0.411 e. The zero-order chi connectivity index (χ0) is 22.5. The van der Waals surface area contributed by atoms with Gasteiger partial charge in [0.05, 0.1) is 30.7 Å². The molecule has 0 saturated carbocycles. The van der Waals surface area contributed by atoms with E-state index in [9.17, 15) is 4.79 Å². The highest BCUT2D eigenvalue weighted by molar-refractivity contribution is 7.17. The second kappa shape index (κ2) is 7.90. The number of oxime groups is 1. The summed E-state index contributed by atoms with van der Waals surface area (Å²) >= 11 is 1.48. The number of benzene rings is 1. The van der Waals surface area contributed by atoms with Gasteiger partial charge in [-0.05, 0) is 50.5 Å². The highest BCUT2D eigenvalue weighted by atomic mass is 32.1. The summed E-state index contributed by atoms with van der Waals surface area (Å²) in [7, 11) is 0. The van der Waals surface area contributed by atoms with Crippen molar-refractivity contribution in [1.29, 1.82) is 0 Å². The van der Waals surface area contributed by atoms with Crippen molar-refractivity contribution in [3.05, 3.63) is 46.1 Å². The van der Waals surface area contributed by atoms with E-state index < -0.39 is 0 Å². The maximum atomic E-state index is 12.6. The normalized spacial score (nSPS) is 21.0. The molecule has 5 rings (SSSR count). The lowest BCUT2D eigenvalue weighted by Crippen LogP contribution is -2.48. The molecular formula is C23H27N5O3S. The molecule has 0 radical (unpaired) electrons. The van der Waals surface area contributed by atoms with Crippen LogP contribution in [-0.2, 0) is 17.6 Å². The minimum absolute atomic E-state index is 0.0325. The molecule has 0 aliphatic carbocycles. The number of H-pyrrole nitrogens is 1. The summed E-state index contributed by atoms with van der Waals surface area (Å²) in [5.41, 5.74) is 4.29. The number of nitrogens with zero attached hydrogens (tertiary/aromatic N) is 3. The lowest BCUT2D eigenvalue weighted by atomic mass is 9.94. The van der Waals surface area contributed by atoms with E-state index in [4.69, 9.17) is 14.9 Å². The number of hydrogen-bond acceptors (Lipinski definition) is 7. The Balaban J connectivity index is 1.45. The third kappa shape index (κ3) is 3.75. The molecule has 1 fully saturated rings. The number of fused-ring (bicyclic) bond motifs is 2. The molecule has 0 unspecified atom stereocenters. The zero-order valence-electron chi connectivity index (χ0n) is 18.4. The van der Waals surface area contributed by atoms with Crippen molar-refractivity contribution < 1.29 is 14.7 Å². The Morgan fingerprint density at radius 2 is 2.28 bits per heavy atom. The van der Waals surface area contributed by atoms with E-state index in [-0.39, 0.29) is 17.5 Å². The predicted octanol–water partition coefficient (Wildman–Crippen LogP) is 3.34. The summed E-state index contributed by atoms with van der Waals surface area (Å²) in [4.78, 5) is 23.8. The number of nitrogens with one attached hydrogen (secondary N) is 2. The average molecular weight is 454 g/mol. The van der Waals surface area contributed by atoms with Crippen molar-refractivity contribution in [1.82, 2.24) is 15.3 Å². The first-order valence-corrected chi connectivity index (χ1v) is 11.6. The van der Waals surface area contributed by atoms with Gasteiger partial charge in [0.1, 0.15) is 4.88 Å². The molecule has 4 heterocycles. The van der Waals surface area contributed by atoms with Crippen molar-refractivity contribution in [3.63, 3.8) is 0 Å². The molecule has 2 aliphatic rings. The van der Waals surface area contributed by atoms with Gasteiger partial charge in [0, 0.05) is 35.6 Å². The maximum Gasteiger partial charge on any atom is 0.263 e. The standard InChI is InChI=1S/C23H27N5O3S/c1-13(27-30)14-4-5-18-17(9-14)15(11-24-18)8-16-12-31-7-6-28(16)22-25-19-10-23(2,3)26-21(29)20(19)32-22/h4-5,9,11,16,24,30H,6-8,10,12H2,1-3H3,(H,26,29)/t16-/m0/s1. The molecule has 8 nitrogen and oxygen atoms in total. The van der Waals surface area contributed by atoms with Crippen molar-refractivity contribution >= 4 is 39.0 Å². The lowest BCUT2D eigenvalue weighted by Gasteiger charge is -2.35. The van der Waals surface area contributed by atoms with Crippen LogP contribution in [0.1, 0.15) is 47.3 Å². The molecule has 1 amide bonds. The number of carbonyl (C=O) groups excluding carboxylic acids is 1. The van der Waals surface area contributed by atoms with Gasteiger partial charge in [-0.15, -0.1) is 0 Å². The monoisotopic (exact) mass is 453 g/mol. The van der Waals surface area contributed by atoms with Gasteiger partial charge in [-0.2, -0.15) is 0 Å². The molecule has 2 aliphatic heterocycles. The molecular weight excluding hydrogens is 426 g/mol. The van der Waals surface area contributed by atoms with Gasteiger partial charge in [-0.3, -0.25) is 4.79 Å². The van der Waals surface area contributed by atoms with E-state index in [1.807, 2.05) is 32.2 Å². The smallest absolute Gasteiger partial charge is 0.263 e. The maximum absolute atomic E-state index is 12.6. The van der Waals surface area contributed by atoms with Crippen LogP contribution in [0.3, 0.4) is 0 Å². The summed E-state index contributed by atoms with van der Waals surface area (Å²) < 4.78 is 5.82. The molecule has 1 atom stereocenters. The Morgan fingerprint density at radius 3 is 3.09 bits per heavy atom. The number of anilines is 1. The first-order valence-electron chi connectivity index (χ1n) is 10.8. The average Bonchev–Trinajstić information content (AvgIpc) is 3.37. The van der Waals surface area contributed by atoms with Crippen LogP contribution in [0.2, 0.25) is 0 Å². The summed E-state index contributed by atoms with van der Waals surface area (Å²) in [5, 5.41) is 17.5. The van der Waals surface area contributed by atoms with Crippen LogP contribution in [0.25, 0.3) is 10.9 Å². The lowest BCUT2D eigenvalue weighted by molar-refractivity contribution is 0.0900. The van der Waals surface area contributed by atoms with Crippen molar-refractivity contribution in [2.75, 3.05) is 24.7 Å². The van der Waals surface area contributed by atoms with Gasteiger partial charge in [-0.25, -0.2) is 4.98 Å². The summed E-state index contributed by atoms with van der Waals surface area (Å²) in [5.74, 6) is -0.0325. The van der Waals surface area contributed by atoms with Crippen molar-refractivity contribution in [2.45, 2.75) is 45.2 Å². The van der Waals surface area contributed by atoms with Crippen LogP contribution in [0, 0.1) is 0 Å². The quantitative estimate of drug-likeness (QED) is 0.319. The van der Waals surface area contributed by atoms with Crippen LogP contribution in [0.4, 0.5) is 5.13 Å². The molecule has 0 bridgehead atoms. The Morgan fingerprint density at radius 1 is 1.44 bits per heavy atom. The number of aromatic nitrogens is 2. The van der Waals surface area contributed by atoms with Crippen molar-refractivity contribution in [3.8, 4) is 0 Å². The van der Waals surface area contributed by atoms with E-state index in [0.29, 0.717) is 18.9 Å². The number of carbonyl (C=O) groups is 1. The Kier molecular flexibility index (Phi) is 5.17. The fourth-order valence-corrected chi connectivity index (χ4v) is 5.62. The topological polar surface area (TPSA) is 103 Å². The molecule has 32 heavy (non-hydrogen) atoms. The number of ether oxygens (including phenoxy) is 1. The number of hydrogen-bond donors (Lipinski definition) is 3. The van der Waals surface area contributed by atoms with Crippen LogP contribution < -0.4 is 10.2 Å². The molecule has 0 spiro atoms. The van der Waals surface area contributed by atoms with Gasteiger partial charge in [0.25, 0.3) is 5.91 Å². The summed E-state index contributed by atoms with van der Waals surface area (Å²) in [6.07, 6.45) is 3.55. The van der Waals surface area contributed by atoms with E-state index >= 15 is 0 Å². The molecule has 1 aromatic carbocycles. The van der Waals surface area contributed by atoms with E-state index in [2.05, 4.69) is 26.4 Å². The second-order valence-corrected chi connectivity index (χ2v) is 10.2. The number of aromatic amines is 1. The fourth-order valence-electron chi connectivity index (χ4n) is 4.55. The van der Waals surface area contributed by atoms with Crippen LogP contribution >= 0.6 is 11.3 Å². The first kappa shape index (κ1) is 21.0. The zero-order valence-corrected chi connectivity index (χ0v) is 19.3. The van der Waals surface area contributed by atoms with E-state index in [1.54, 1.807) is 6.92 Å². The molecule has 168 valence electrons. The predicted molar refractivity (Wildman–Crippen MR) is 125 cm³/mol. The van der Waals surface area contributed by atoms with Gasteiger partial charge in [0.15, 0.2) is 5.13 Å².